The molecule has 1 unspecified atom stereocenters. The molecule has 1 aliphatic heterocycles. The maximum atomic E-state index is 12.5. The van der Waals surface area contributed by atoms with Crippen LogP contribution in [-0.4, -0.2) is 25.8 Å². The van der Waals surface area contributed by atoms with Gasteiger partial charge in [-0.3, -0.25) is 0 Å². The van der Waals surface area contributed by atoms with Crippen LogP contribution in [-0.2, 0) is 23.2 Å². The molecule has 0 saturated heterocycles. The smallest absolute Gasteiger partial charge is 0.279 e. The largest absolute Gasteiger partial charge is 0.323 e. The first-order chi connectivity index (χ1) is 11.1. The predicted octanol–water partition coefficient (Wildman–Crippen LogP) is 1.58. The lowest BCUT2D eigenvalue weighted by Crippen LogP contribution is -2.45. The SMILES string of the molecule is NC(CNS(=O)(=O)N1CCc2ccccc2C1)c1ccccc1. The zero-order valence-corrected chi connectivity index (χ0v) is 13.7. The molecule has 0 amide bonds. The zero-order chi connectivity index (χ0) is 16.3. The van der Waals surface area contributed by atoms with Crippen LogP contribution in [0.2, 0.25) is 0 Å². The number of hydrogen-bond donors (Lipinski definition) is 2. The minimum absolute atomic E-state index is 0.185. The van der Waals surface area contributed by atoms with E-state index in [2.05, 4.69) is 10.8 Å². The molecule has 1 heterocycles. The van der Waals surface area contributed by atoms with Gasteiger partial charge in [-0.05, 0) is 23.1 Å². The maximum Gasteiger partial charge on any atom is 0.279 e. The summed E-state index contributed by atoms with van der Waals surface area (Å²) in [6.45, 7) is 1.09. The van der Waals surface area contributed by atoms with Crippen molar-refractivity contribution in [2.45, 2.75) is 19.0 Å². The van der Waals surface area contributed by atoms with Gasteiger partial charge in [0.15, 0.2) is 0 Å². The number of nitrogens with two attached hydrogens (primary N) is 1. The van der Waals surface area contributed by atoms with Crippen molar-refractivity contribution in [2.75, 3.05) is 13.1 Å². The highest BCUT2D eigenvalue weighted by Crippen LogP contribution is 2.20. The average molecular weight is 331 g/mol. The van der Waals surface area contributed by atoms with Crippen LogP contribution < -0.4 is 10.5 Å². The molecule has 2 aromatic rings. The lowest BCUT2D eigenvalue weighted by molar-refractivity contribution is 0.383. The summed E-state index contributed by atoms with van der Waals surface area (Å²) in [6.07, 6.45) is 0.738. The van der Waals surface area contributed by atoms with E-state index in [1.54, 1.807) is 0 Å². The fourth-order valence-electron chi connectivity index (χ4n) is 2.78. The minimum Gasteiger partial charge on any atom is -0.323 e. The van der Waals surface area contributed by atoms with Crippen LogP contribution in [0.5, 0.6) is 0 Å². The molecule has 0 bridgehead atoms. The summed E-state index contributed by atoms with van der Waals surface area (Å²) >= 11 is 0. The lowest BCUT2D eigenvalue weighted by Gasteiger charge is -2.28. The highest BCUT2D eigenvalue weighted by atomic mass is 32.2. The van der Waals surface area contributed by atoms with Gasteiger partial charge in [-0.15, -0.1) is 0 Å². The van der Waals surface area contributed by atoms with Gasteiger partial charge in [-0.2, -0.15) is 12.7 Å². The van der Waals surface area contributed by atoms with E-state index >= 15 is 0 Å². The molecule has 0 saturated carbocycles. The number of nitrogens with zero attached hydrogens (tertiary/aromatic N) is 1. The average Bonchev–Trinajstić information content (AvgIpc) is 2.60. The Hall–Kier alpha value is -1.73. The van der Waals surface area contributed by atoms with Crippen molar-refractivity contribution in [3.05, 3.63) is 71.3 Å². The highest BCUT2D eigenvalue weighted by Gasteiger charge is 2.26. The molecule has 23 heavy (non-hydrogen) atoms. The van der Waals surface area contributed by atoms with Crippen LogP contribution in [0.15, 0.2) is 54.6 Å². The Labute approximate surface area is 137 Å². The zero-order valence-electron chi connectivity index (χ0n) is 12.9. The predicted molar refractivity (Wildman–Crippen MR) is 90.8 cm³/mol. The van der Waals surface area contributed by atoms with E-state index in [0.717, 1.165) is 17.5 Å². The number of rotatable bonds is 5. The van der Waals surface area contributed by atoms with E-state index in [0.29, 0.717) is 13.1 Å². The van der Waals surface area contributed by atoms with Crippen LogP contribution in [0.3, 0.4) is 0 Å². The Morgan fingerprint density at radius 2 is 1.70 bits per heavy atom. The molecule has 122 valence electrons. The Kier molecular flexibility index (Phi) is 4.77. The first-order valence-corrected chi connectivity index (χ1v) is 9.12. The van der Waals surface area contributed by atoms with Crippen molar-refractivity contribution in [3.63, 3.8) is 0 Å². The molecule has 0 fully saturated rings. The van der Waals surface area contributed by atoms with Gasteiger partial charge in [0.25, 0.3) is 10.2 Å². The van der Waals surface area contributed by atoms with Gasteiger partial charge in [-0.25, -0.2) is 4.72 Å². The van der Waals surface area contributed by atoms with Crippen molar-refractivity contribution >= 4 is 10.2 Å². The van der Waals surface area contributed by atoms with E-state index in [-0.39, 0.29) is 12.6 Å². The Morgan fingerprint density at radius 1 is 1.04 bits per heavy atom. The summed E-state index contributed by atoms with van der Waals surface area (Å²) in [5.74, 6) is 0. The Bertz CT molecular complexity index is 762. The van der Waals surface area contributed by atoms with Crippen molar-refractivity contribution in [2.24, 2.45) is 5.73 Å². The van der Waals surface area contributed by atoms with E-state index < -0.39 is 10.2 Å². The molecule has 6 heteroatoms. The van der Waals surface area contributed by atoms with Crippen LogP contribution in [0.25, 0.3) is 0 Å². The third kappa shape index (κ3) is 3.79. The third-order valence-corrected chi connectivity index (χ3v) is 5.67. The topological polar surface area (TPSA) is 75.4 Å². The van der Waals surface area contributed by atoms with Crippen molar-refractivity contribution in [3.8, 4) is 0 Å². The fourth-order valence-corrected chi connectivity index (χ4v) is 3.99. The Morgan fingerprint density at radius 3 is 2.43 bits per heavy atom. The normalized spacial score (nSPS) is 16.7. The highest BCUT2D eigenvalue weighted by molar-refractivity contribution is 7.87. The van der Waals surface area contributed by atoms with E-state index in [1.165, 1.54) is 9.87 Å². The van der Waals surface area contributed by atoms with Crippen molar-refractivity contribution in [1.29, 1.82) is 0 Å². The molecule has 5 nitrogen and oxygen atoms in total. The first kappa shape index (κ1) is 16.1. The summed E-state index contributed by atoms with van der Waals surface area (Å²) in [6, 6.07) is 17.1. The second-order valence-corrected chi connectivity index (χ2v) is 7.48. The van der Waals surface area contributed by atoms with Crippen LogP contribution in [0.1, 0.15) is 22.7 Å². The summed E-state index contributed by atoms with van der Waals surface area (Å²) in [5, 5.41) is 0. The molecule has 1 atom stereocenters. The van der Waals surface area contributed by atoms with Crippen molar-refractivity contribution in [1.82, 2.24) is 9.03 Å². The van der Waals surface area contributed by atoms with E-state index in [9.17, 15) is 8.42 Å². The van der Waals surface area contributed by atoms with Gasteiger partial charge in [0.05, 0.1) is 0 Å². The molecule has 2 aromatic carbocycles. The summed E-state index contributed by atoms with van der Waals surface area (Å²) in [5.41, 5.74) is 9.27. The summed E-state index contributed by atoms with van der Waals surface area (Å²) in [4.78, 5) is 0. The second kappa shape index (κ2) is 6.80. The molecular weight excluding hydrogens is 310 g/mol. The van der Waals surface area contributed by atoms with E-state index in [1.807, 2.05) is 48.5 Å². The van der Waals surface area contributed by atoms with Crippen molar-refractivity contribution < 1.29 is 8.42 Å². The third-order valence-electron chi connectivity index (χ3n) is 4.15. The first-order valence-electron chi connectivity index (χ1n) is 7.68. The molecule has 0 aromatic heterocycles. The number of benzene rings is 2. The molecule has 1 aliphatic rings. The summed E-state index contributed by atoms with van der Waals surface area (Å²) in [7, 11) is -3.53. The van der Waals surface area contributed by atoms with Gasteiger partial charge in [0.1, 0.15) is 0 Å². The van der Waals surface area contributed by atoms with Crippen LogP contribution >= 0.6 is 0 Å². The molecule has 0 spiro atoms. The second-order valence-electron chi connectivity index (χ2n) is 5.72. The Balaban J connectivity index is 1.64. The van der Waals surface area contributed by atoms with Gasteiger partial charge < -0.3 is 5.73 Å². The minimum atomic E-state index is -3.53. The molecule has 0 aliphatic carbocycles. The molecular formula is C17H21N3O2S. The van der Waals surface area contributed by atoms with Gasteiger partial charge >= 0.3 is 0 Å². The summed E-state index contributed by atoms with van der Waals surface area (Å²) < 4.78 is 29.1. The van der Waals surface area contributed by atoms with E-state index in [4.69, 9.17) is 5.73 Å². The van der Waals surface area contributed by atoms with Crippen LogP contribution in [0, 0.1) is 0 Å². The monoisotopic (exact) mass is 331 g/mol. The number of nitrogens with one attached hydrogen (secondary N) is 1. The maximum absolute atomic E-state index is 12.5. The van der Waals surface area contributed by atoms with Gasteiger partial charge in [0.2, 0.25) is 0 Å². The number of fused-ring (bicyclic) bond motifs is 1. The number of hydrogen-bond acceptors (Lipinski definition) is 3. The van der Waals surface area contributed by atoms with Gasteiger partial charge in [-0.1, -0.05) is 54.6 Å². The fraction of sp³-hybridized carbons (Fsp3) is 0.294. The van der Waals surface area contributed by atoms with Crippen LogP contribution in [0.4, 0.5) is 0 Å². The quantitative estimate of drug-likeness (QED) is 0.873. The molecule has 3 rings (SSSR count). The molecule has 0 radical (unpaired) electrons. The standard InChI is InChI=1S/C17H21N3O2S/c18-17(15-7-2-1-3-8-15)12-19-23(21,22)20-11-10-14-6-4-5-9-16(14)13-20/h1-9,17,19H,10-13,18H2. The lowest BCUT2D eigenvalue weighted by atomic mass is 10.0. The van der Waals surface area contributed by atoms with Gasteiger partial charge in [0, 0.05) is 25.7 Å². The molecule has 3 N–H and O–H groups in total.